The van der Waals surface area contributed by atoms with Gasteiger partial charge in [-0.15, -0.1) is 0 Å². The molecule has 0 fully saturated rings. The van der Waals surface area contributed by atoms with Crippen molar-refractivity contribution in [3.63, 3.8) is 0 Å². The summed E-state index contributed by atoms with van der Waals surface area (Å²) in [4.78, 5) is 0. The zero-order chi connectivity index (χ0) is 18.8. The van der Waals surface area contributed by atoms with Crippen LogP contribution in [0.1, 0.15) is 32.1 Å². The molecule has 0 aliphatic carbocycles. The lowest BCUT2D eigenvalue weighted by Crippen LogP contribution is -2.33. The molecule has 0 unspecified atom stereocenters. The fourth-order valence-electron chi connectivity index (χ4n) is 3.87. The second-order valence-electron chi connectivity index (χ2n) is 7.03. The van der Waals surface area contributed by atoms with Crippen LogP contribution in [0.5, 0.6) is 0 Å². The molecule has 0 saturated heterocycles. The third-order valence-electron chi connectivity index (χ3n) is 5.24. The molecule has 0 aliphatic heterocycles. The summed E-state index contributed by atoms with van der Waals surface area (Å²) in [5.41, 5.74) is 0. The van der Waals surface area contributed by atoms with E-state index in [0.717, 1.165) is 12.8 Å². The van der Waals surface area contributed by atoms with E-state index in [1.165, 1.54) is 41.3 Å². The van der Waals surface area contributed by atoms with Crippen molar-refractivity contribution < 1.29 is 5.11 Å². The zero-order valence-electron chi connectivity index (χ0n) is 16.0. The Hall–Kier alpha value is -1.95. The van der Waals surface area contributed by atoms with Crippen LogP contribution in [0.3, 0.4) is 0 Å². The number of benzene rings is 3. The van der Waals surface area contributed by atoms with Gasteiger partial charge in [0.15, 0.2) is 0 Å². The van der Waals surface area contributed by atoms with E-state index in [4.69, 9.17) is 5.11 Å². The lowest BCUT2D eigenvalue weighted by molar-refractivity contribution is 0.282. The van der Waals surface area contributed by atoms with E-state index in [9.17, 15) is 0 Å². The smallest absolute Gasteiger partial charge is 0.112 e. The second-order valence-corrected chi connectivity index (χ2v) is 10.6. The van der Waals surface area contributed by atoms with Crippen molar-refractivity contribution in [2.45, 2.75) is 32.1 Å². The molecular formula is C25H30OP+. The molecule has 0 radical (unpaired) electrons. The minimum absolute atomic E-state index is 0.314. The van der Waals surface area contributed by atoms with Gasteiger partial charge in [0.1, 0.15) is 23.2 Å². The minimum Gasteiger partial charge on any atom is -0.396 e. The maximum absolute atomic E-state index is 9.00. The normalized spacial score (nSPS) is 11.4. The van der Waals surface area contributed by atoms with Crippen LogP contribution in [0.25, 0.3) is 0 Å². The molecule has 0 heterocycles. The standard InChI is InChI=1S/C25H30OP/c26-21-13-2-1-3-14-22-27(23-15-7-4-8-16-23,24-17-9-5-10-18-24)25-19-11-6-12-20-25/h4-12,15-20,26H,1-3,13-14,21-22H2/q+1. The van der Waals surface area contributed by atoms with Crippen LogP contribution >= 0.6 is 7.26 Å². The van der Waals surface area contributed by atoms with Gasteiger partial charge in [0.2, 0.25) is 0 Å². The molecule has 140 valence electrons. The van der Waals surface area contributed by atoms with E-state index in [2.05, 4.69) is 91.0 Å². The Bertz CT molecular complexity index is 675. The molecule has 0 aliphatic rings. The topological polar surface area (TPSA) is 20.2 Å². The fraction of sp³-hybridized carbons (Fsp3) is 0.280. The zero-order valence-corrected chi connectivity index (χ0v) is 16.9. The van der Waals surface area contributed by atoms with Crippen molar-refractivity contribution in [2.75, 3.05) is 12.8 Å². The van der Waals surface area contributed by atoms with Gasteiger partial charge < -0.3 is 5.11 Å². The molecule has 0 spiro atoms. The molecule has 0 atom stereocenters. The van der Waals surface area contributed by atoms with Crippen molar-refractivity contribution in [3.8, 4) is 0 Å². The first-order valence-corrected chi connectivity index (χ1v) is 12.0. The predicted octanol–water partition coefficient (Wildman–Crippen LogP) is 4.92. The molecule has 0 aromatic heterocycles. The van der Waals surface area contributed by atoms with E-state index >= 15 is 0 Å². The van der Waals surface area contributed by atoms with Crippen LogP contribution in [0.15, 0.2) is 91.0 Å². The summed E-state index contributed by atoms with van der Waals surface area (Å²) >= 11 is 0. The summed E-state index contributed by atoms with van der Waals surface area (Å²) in [7, 11) is -1.66. The Morgan fingerprint density at radius 1 is 0.481 bits per heavy atom. The third-order valence-corrected chi connectivity index (χ3v) is 9.77. The average molecular weight is 377 g/mol. The van der Waals surface area contributed by atoms with Crippen LogP contribution in [0.4, 0.5) is 0 Å². The van der Waals surface area contributed by atoms with Crippen LogP contribution in [-0.2, 0) is 0 Å². The predicted molar refractivity (Wildman–Crippen MR) is 120 cm³/mol. The van der Waals surface area contributed by atoms with Crippen molar-refractivity contribution >= 4 is 23.2 Å². The quantitative estimate of drug-likeness (QED) is 0.393. The minimum atomic E-state index is -1.66. The Balaban J connectivity index is 1.98. The van der Waals surface area contributed by atoms with Crippen molar-refractivity contribution in [2.24, 2.45) is 0 Å². The van der Waals surface area contributed by atoms with Gasteiger partial charge in [0.25, 0.3) is 0 Å². The molecule has 3 aromatic carbocycles. The number of hydrogen-bond donors (Lipinski definition) is 1. The second kappa shape index (κ2) is 10.4. The number of rotatable bonds is 10. The van der Waals surface area contributed by atoms with Gasteiger partial charge in [-0.1, -0.05) is 67.4 Å². The van der Waals surface area contributed by atoms with Crippen molar-refractivity contribution in [1.82, 2.24) is 0 Å². The molecule has 0 saturated carbocycles. The van der Waals surface area contributed by atoms with Crippen LogP contribution in [0.2, 0.25) is 0 Å². The first-order valence-electron chi connectivity index (χ1n) is 10.0. The molecule has 2 heteroatoms. The van der Waals surface area contributed by atoms with E-state index in [1.807, 2.05) is 0 Å². The number of aliphatic hydroxyl groups is 1. The molecule has 27 heavy (non-hydrogen) atoms. The highest BCUT2D eigenvalue weighted by Crippen LogP contribution is 2.55. The van der Waals surface area contributed by atoms with Gasteiger partial charge in [-0.05, 0) is 55.7 Å². The molecule has 0 amide bonds. The maximum Gasteiger partial charge on any atom is 0.112 e. The van der Waals surface area contributed by atoms with Gasteiger partial charge in [0.05, 0.1) is 6.16 Å². The Labute approximate surface area is 164 Å². The van der Waals surface area contributed by atoms with Gasteiger partial charge in [-0.3, -0.25) is 0 Å². The van der Waals surface area contributed by atoms with Crippen LogP contribution < -0.4 is 15.9 Å². The number of aliphatic hydroxyl groups excluding tert-OH is 1. The average Bonchev–Trinajstić information content (AvgIpc) is 2.75. The van der Waals surface area contributed by atoms with Gasteiger partial charge in [0, 0.05) is 6.61 Å². The largest absolute Gasteiger partial charge is 0.396 e. The van der Waals surface area contributed by atoms with Crippen LogP contribution in [-0.4, -0.2) is 17.9 Å². The summed E-state index contributed by atoms with van der Waals surface area (Å²) in [5, 5.41) is 13.4. The number of unbranched alkanes of at least 4 members (excludes halogenated alkanes) is 4. The SMILES string of the molecule is OCCCCCCC[P+](c1ccccc1)(c1ccccc1)c1ccccc1. The van der Waals surface area contributed by atoms with Crippen LogP contribution in [0, 0.1) is 0 Å². The van der Waals surface area contributed by atoms with E-state index < -0.39 is 7.26 Å². The number of hydrogen-bond acceptors (Lipinski definition) is 1. The lowest BCUT2D eigenvalue weighted by atomic mass is 10.2. The molecule has 0 bridgehead atoms. The summed E-state index contributed by atoms with van der Waals surface area (Å²) in [6.45, 7) is 0.314. The summed E-state index contributed by atoms with van der Waals surface area (Å²) in [5.74, 6) is 0. The Morgan fingerprint density at radius 2 is 0.852 bits per heavy atom. The van der Waals surface area contributed by atoms with E-state index in [0.29, 0.717) is 6.61 Å². The highest BCUT2D eigenvalue weighted by molar-refractivity contribution is 7.95. The van der Waals surface area contributed by atoms with Gasteiger partial charge >= 0.3 is 0 Å². The first kappa shape index (κ1) is 19.8. The summed E-state index contributed by atoms with van der Waals surface area (Å²) in [6, 6.07) is 33.3. The summed E-state index contributed by atoms with van der Waals surface area (Å²) < 4.78 is 0. The molecular weight excluding hydrogens is 347 g/mol. The van der Waals surface area contributed by atoms with Crippen molar-refractivity contribution in [3.05, 3.63) is 91.0 Å². The Morgan fingerprint density at radius 3 is 1.26 bits per heavy atom. The third kappa shape index (κ3) is 4.86. The lowest BCUT2D eigenvalue weighted by Gasteiger charge is -2.27. The monoisotopic (exact) mass is 377 g/mol. The highest BCUT2D eigenvalue weighted by atomic mass is 31.2. The van der Waals surface area contributed by atoms with E-state index in [1.54, 1.807) is 0 Å². The molecule has 3 rings (SSSR count). The fourth-order valence-corrected chi connectivity index (χ4v) is 8.28. The summed E-state index contributed by atoms with van der Waals surface area (Å²) in [6.07, 6.45) is 6.91. The van der Waals surface area contributed by atoms with Crippen molar-refractivity contribution in [1.29, 1.82) is 0 Å². The Kier molecular flexibility index (Phi) is 7.63. The first-order chi connectivity index (χ1) is 13.4. The van der Waals surface area contributed by atoms with Gasteiger partial charge in [-0.2, -0.15) is 0 Å². The molecule has 1 N–H and O–H groups in total. The van der Waals surface area contributed by atoms with Gasteiger partial charge in [-0.25, -0.2) is 0 Å². The van der Waals surface area contributed by atoms with E-state index in [-0.39, 0.29) is 0 Å². The molecule has 3 aromatic rings. The molecule has 1 nitrogen and oxygen atoms in total. The highest BCUT2D eigenvalue weighted by Gasteiger charge is 2.44. The maximum atomic E-state index is 9.00.